The molecule has 0 unspecified atom stereocenters. The molecular weight excluding hydrogens is 462 g/mol. The van der Waals surface area contributed by atoms with E-state index in [1.807, 2.05) is 0 Å². The molecule has 0 nitrogen and oxygen atoms in total. The third-order valence-corrected chi connectivity index (χ3v) is 8.17. The quantitative estimate of drug-likeness (QED) is 0.148. The van der Waals surface area contributed by atoms with Crippen molar-refractivity contribution in [3.8, 4) is 0 Å². The fourth-order valence-corrected chi connectivity index (χ4v) is 6.23. The molecule has 0 N–H and O–H groups in total. The zero-order valence-electron chi connectivity index (χ0n) is 18.4. The van der Waals surface area contributed by atoms with Gasteiger partial charge in [-0.05, 0) is 19.2 Å². The van der Waals surface area contributed by atoms with Crippen LogP contribution in [-0.4, -0.2) is 12.3 Å². The standard InChI is InChI=1S/C15H20P.C11H11.2ClH.Ti/c1-3-9-16(10-4-2)15-11-13-7-5-6-8-14(13)12-15;1-8-6-7-9(2)11-5-3-4-10(8)11;;;/h5-8,11-12H,3-4,9-10H2,1-2H3;3-7H,1-2H3;2*1H;/q2*-1;;;+2/p-2. The maximum absolute atomic E-state index is 4.89. The first kappa shape index (κ1) is 25.6. The van der Waals surface area contributed by atoms with Crippen LogP contribution in [0.3, 0.4) is 0 Å². The van der Waals surface area contributed by atoms with Gasteiger partial charge in [-0.3, -0.25) is 0 Å². The van der Waals surface area contributed by atoms with Gasteiger partial charge in [-0.15, -0.1) is 68.8 Å². The molecule has 0 amide bonds. The molecule has 4 aromatic rings. The Morgan fingerprint density at radius 3 is 2.13 bits per heavy atom. The van der Waals surface area contributed by atoms with Gasteiger partial charge < -0.3 is 0 Å². The van der Waals surface area contributed by atoms with Gasteiger partial charge in [0.15, 0.2) is 0 Å². The first-order valence-corrected chi connectivity index (χ1v) is 16.5. The predicted molar refractivity (Wildman–Crippen MR) is 137 cm³/mol. The monoisotopic (exact) mass is 492 g/mol. The van der Waals surface area contributed by atoms with Crippen LogP contribution in [0.5, 0.6) is 0 Å². The van der Waals surface area contributed by atoms with Gasteiger partial charge in [-0.25, -0.2) is 0 Å². The fraction of sp³-hybridized carbons (Fsp3) is 0.308. The molecule has 0 aliphatic heterocycles. The predicted octanol–water partition coefficient (Wildman–Crippen LogP) is 9.04. The van der Waals surface area contributed by atoms with Gasteiger partial charge >= 0.3 is 35.6 Å². The van der Waals surface area contributed by atoms with Crippen LogP contribution in [0.2, 0.25) is 0 Å². The Labute approximate surface area is 200 Å². The van der Waals surface area contributed by atoms with Gasteiger partial charge in [-0.2, -0.15) is 18.2 Å². The molecule has 0 aliphatic carbocycles. The summed E-state index contributed by atoms with van der Waals surface area (Å²) in [6.45, 7) is 8.91. The molecule has 4 heteroatoms. The van der Waals surface area contributed by atoms with Crippen LogP contribution in [-0.2, 0) is 17.0 Å². The van der Waals surface area contributed by atoms with Crippen LogP contribution in [0.1, 0.15) is 37.8 Å². The van der Waals surface area contributed by atoms with E-state index < -0.39 is 17.0 Å². The van der Waals surface area contributed by atoms with Gasteiger partial charge in [0, 0.05) is 0 Å². The zero-order valence-corrected chi connectivity index (χ0v) is 22.4. The summed E-state index contributed by atoms with van der Waals surface area (Å²) in [6.07, 6.45) is 5.40. The molecule has 4 rings (SSSR count). The number of hydrogen-bond acceptors (Lipinski definition) is 0. The average Bonchev–Trinajstić information content (AvgIpc) is 3.39. The van der Waals surface area contributed by atoms with Crippen molar-refractivity contribution in [2.45, 2.75) is 40.5 Å². The van der Waals surface area contributed by atoms with E-state index in [0.29, 0.717) is 0 Å². The Morgan fingerprint density at radius 2 is 1.53 bits per heavy atom. The van der Waals surface area contributed by atoms with Gasteiger partial charge in [0.25, 0.3) is 0 Å². The topological polar surface area (TPSA) is 0 Å². The number of benzene rings is 2. The van der Waals surface area contributed by atoms with Crippen LogP contribution < -0.4 is 5.30 Å². The molecule has 0 heterocycles. The Hall–Kier alpha value is -0.616. The second-order valence-electron chi connectivity index (χ2n) is 7.45. The second-order valence-corrected chi connectivity index (χ2v) is 12.5. The summed E-state index contributed by atoms with van der Waals surface area (Å²) in [5.74, 6) is 0. The molecule has 0 saturated carbocycles. The molecule has 0 atom stereocenters. The van der Waals surface area contributed by atoms with E-state index in [1.165, 1.54) is 57.8 Å². The molecule has 30 heavy (non-hydrogen) atoms. The van der Waals surface area contributed by atoms with Crippen molar-refractivity contribution in [2.24, 2.45) is 0 Å². The van der Waals surface area contributed by atoms with Crippen LogP contribution in [0.25, 0.3) is 21.5 Å². The van der Waals surface area contributed by atoms with Crippen molar-refractivity contribution in [1.29, 1.82) is 0 Å². The Morgan fingerprint density at radius 1 is 0.900 bits per heavy atom. The molecular formula is C26H31Cl2PTi-2. The number of fused-ring (bicyclic) bond motifs is 2. The summed E-state index contributed by atoms with van der Waals surface area (Å²) in [7, 11) is 9.88. The van der Waals surface area contributed by atoms with Crippen LogP contribution in [0.15, 0.2) is 66.7 Å². The molecule has 0 fully saturated rings. The molecule has 4 aromatic carbocycles. The van der Waals surface area contributed by atoms with Crippen molar-refractivity contribution in [3.05, 3.63) is 77.9 Å². The normalized spacial score (nSPS) is 10.5. The minimum atomic E-state index is -0.556. The zero-order chi connectivity index (χ0) is 21.9. The van der Waals surface area contributed by atoms with Crippen molar-refractivity contribution < 1.29 is 17.0 Å². The van der Waals surface area contributed by atoms with Crippen molar-refractivity contribution in [1.82, 2.24) is 0 Å². The van der Waals surface area contributed by atoms with Gasteiger partial charge in [0.1, 0.15) is 0 Å². The van der Waals surface area contributed by atoms with Gasteiger partial charge in [0.05, 0.1) is 0 Å². The summed E-state index contributed by atoms with van der Waals surface area (Å²) < 4.78 is 0. The van der Waals surface area contributed by atoms with Crippen molar-refractivity contribution >= 4 is 53.4 Å². The Balaban J connectivity index is 0.000000198. The van der Waals surface area contributed by atoms with Gasteiger partial charge in [-0.1, -0.05) is 59.2 Å². The van der Waals surface area contributed by atoms with Crippen molar-refractivity contribution in [3.63, 3.8) is 0 Å². The number of hydrogen-bond donors (Lipinski definition) is 0. The summed E-state index contributed by atoms with van der Waals surface area (Å²) in [4.78, 5) is 0. The molecule has 0 aromatic heterocycles. The van der Waals surface area contributed by atoms with Crippen LogP contribution >= 0.6 is 26.5 Å². The van der Waals surface area contributed by atoms with E-state index in [-0.39, 0.29) is 7.92 Å². The maximum atomic E-state index is 4.89. The molecule has 0 bridgehead atoms. The Bertz CT molecular complexity index is 943. The van der Waals surface area contributed by atoms with E-state index in [2.05, 4.69) is 94.4 Å². The number of aryl methyl sites for hydroxylation is 2. The summed E-state index contributed by atoms with van der Waals surface area (Å²) >= 11 is -0.556. The van der Waals surface area contributed by atoms with Crippen molar-refractivity contribution in [2.75, 3.05) is 12.3 Å². The minimum absolute atomic E-state index is 0.0972. The summed E-state index contributed by atoms with van der Waals surface area (Å²) in [6, 6.07) is 24.4. The van der Waals surface area contributed by atoms with E-state index >= 15 is 0 Å². The van der Waals surface area contributed by atoms with E-state index in [0.717, 1.165) is 0 Å². The van der Waals surface area contributed by atoms with Crippen LogP contribution in [0, 0.1) is 13.8 Å². The molecule has 0 spiro atoms. The fourth-order valence-electron chi connectivity index (χ4n) is 3.76. The number of rotatable bonds is 5. The van der Waals surface area contributed by atoms with Crippen LogP contribution in [0.4, 0.5) is 0 Å². The molecule has 0 saturated heterocycles. The second kappa shape index (κ2) is 13.7. The molecule has 160 valence electrons. The first-order valence-electron chi connectivity index (χ1n) is 10.5. The van der Waals surface area contributed by atoms with E-state index in [9.17, 15) is 0 Å². The third kappa shape index (κ3) is 7.22. The number of halogens is 2. The van der Waals surface area contributed by atoms with E-state index in [4.69, 9.17) is 18.6 Å². The van der Waals surface area contributed by atoms with Gasteiger partial charge in [0.2, 0.25) is 0 Å². The first-order chi connectivity index (χ1) is 14.5. The molecule has 0 radical (unpaired) electrons. The molecule has 0 aliphatic rings. The SMILES string of the molecule is CCCP(CCC)c1cc2ccccc2[cH-]1.Cc1ccc(C)c2[cH-]ccc12.[Cl][Ti][Cl]. The third-order valence-electron chi connectivity index (χ3n) is 5.20. The Kier molecular flexibility index (Phi) is 11.7. The summed E-state index contributed by atoms with van der Waals surface area (Å²) in [5.41, 5.74) is 2.74. The summed E-state index contributed by atoms with van der Waals surface area (Å²) in [5, 5.41) is 7.23. The average molecular weight is 493 g/mol. The van der Waals surface area contributed by atoms with E-state index in [1.54, 1.807) is 5.30 Å².